The highest BCUT2D eigenvalue weighted by atomic mass is 35.5. The van der Waals surface area contributed by atoms with Crippen LogP contribution in [-0.2, 0) is 6.42 Å². The van der Waals surface area contributed by atoms with Crippen molar-refractivity contribution in [1.29, 1.82) is 0 Å². The molecule has 0 aliphatic rings. The lowest BCUT2D eigenvalue weighted by molar-refractivity contribution is 0.0697. The molecule has 5 nitrogen and oxygen atoms in total. The number of rotatable bonds is 12. The molecule has 0 saturated heterocycles. The first-order valence-electron chi connectivity index (χ1n) is 9.21. The molecule has 0 aliphatic carbocycles. The molecule has 0 spiro atoms. The second kappa shape index (κ2) is 11.3. The minimum absolute atomic E-state index is 0.172. The van der Waals surface area contributed by atoms with Crippen LogP contribution in [0.5, 0.6) is 0 Å². The molecule has 0 radical (unpaired) electrons. The molecule has 0 bridgehead atoms. The Labute approximate surface area is 157 Å². The van der Waals surface area contributed by atoms with E-state index in [-0.39, 0.29) is 5.56 Å². The van der Waals surface area contributed by atoms with E-state index in [0.29, 0.717) is 5.02 Å². The molecule has 6 heteroatoms. The van der Waals surface area contributed by atoms with Gasteiger partial charge in [0.05, 0.1) is 10.6 Å². The van der Waals surface area contributed by atoms with E-state index in [1.54, 1.807) is 6.07 Å². The summed E-state index contributed by atoms with van der Waals surface area (Å²) >= 11 is 6.43. The van der Waals surface area contributed by atoms with Crippen LogP contribution in [0.3, 0.4) is 0 Å². The van der Waals surface area contributed by atoms with E-state index < -0.39 is 5.97 Å². The lowest BCUT2D eigenvalue weighted by Crippen LogP contribution is -2.29. The van der Waals surface area contributed by atoms with Gasteiger partial charge in [-0.15, -0.1) is 0 Å². The molecule has 1 aromatic rings. The molecule has 0 amide bonds. The number of carboxylic acid groups (broad SMARTS) is 1. The van der Waals surface area contributed by atoms with Crippen molar-refractivity contribution in [3.05, 3.63) is 28.3 Å². The zero-order chi connectivity index (χ0) is 18.8. The van der Waals surface area contributed by atoms with E-state index in [1.165, 1.54) is 0 Å². The third-order valence-electron chi connectivity index (χ3n) is 4.68. The number of nitrogens with one attached hydrogen (secondary N) is 1. The molecule has 0 unspecified atom stereocenters. The number of hydrogen-bond acceptors (Lipinski definition) is 4. The maximum Gasteiger partial charge on any atom is 0.337 e. The summed E-state index contributed by atoms with van der Waals surface area (Å²) < 4.78 is 0. The quantitative estimate of drug-likeness (QED) is 0.588. The standard InChI is InChI=1S/C19H32ClN3O2/c1-5-22(6-2)13-11-15-17(21-12-14-23(7-3)8-4)10-9-16(18(15)20)19(24)25/h9-10,21H,5-8,11-14H2,1-4H3,(H,24,25). The minimum atomic E-state index is -0.983. The average molecular weight is 370 g/mol. The van der Waals surface area contributed by atoms with Gasteiger partial charge in [-0.1, -0.05) is 39.3 Å². The molecule has 0 aliphatic heterocycles. The van der Waals surface area contributed by atoms with Crippen molar-refractivity contribution in [1.82, 2.24) is 9.80 Å². The number of likely N-dealkylation sites (N-methyl/N-ethyl adjacent to an activating group) is 2. The smallest absolute Gasteiger partial charge is 0.337 e. The van der Waals surface area contributed by atoms with Gasteiger partial charge in [0.25, 0.3) is 0 Å². The summed E-state index contributed by atoms with van der Waals surface area (Å²) in [4.78, 5) is 16.0. The zero-order valence-corrected chi connectivity index (χ0v) is 16.7. The van der Waals surface area contributed by atoms with Gasteiger partial charge in [0.1, 0.15) is 0 Å². The predicted octanol–water partition coefficient (Wildman–Crippen LogP) is 3.68. The highest BCUT2D eigenvalue weighted by Gasteiger charge is 2.17. The third kappa shape index (κ3) is 6.49. The van der Waals surface area contributed by atoms with Crippen LogP contribution in [0.15, 0.2) is 12.1 Å². The Hall–Kier alpha value is -1.30. The van der Waals surface area contributed by atoms with Gasteiger partial charge in [-0.3, -0.25) is 0 Å². The van der Waals surface area contributed by atoms with E-state index in [9.17, 15) is 9.90 Å². The van der Waals surface area contributed by atoms with Gasteiger partial charge in [-0.05, 0) is 50.3 Å². The Kier molecular flexibility index (Phi) is 9.86. The van der Waals surface area contributed by atoms with Crippen LogP contribution >= 0.6 is 11.6 Å². The van der Waals surface area contributed by atoms with E-state index in [0.717, 1.165) is 63.5 Å². The molecule has 2 N–H and O–H groups in total. The second-order valence-corrected chi connectivity index (χ2v) is 6.37. The monoisotopic (exact) mass is 369 g/mol. The van der Waals surface area contributed by atoms with Gasteiger partial charge >= 0.3 is 5.97 Å². The third-order valence-corrected chi connectivity index (χ3v) is 5.12. The van der Waals surface area contributed by atoms with Crippen molar-refractivity contribution in [2.45, 2.75) is 34.1 Å². The van der Waals surface area contributed by atoms with E-state index >= 15 is 0 Å². The number of hydrogen-bond donors (Lipinski definition) is 2. The lowest BCUT2D eigenvalue weighted by Gasteiger charge is -2.22. The second-order valence-electron chi connectivity index (χ2n) is 5.99. The fraction of sp³-hybridized carbons (Fsp3) is 0.632. The average Bonchev–Trinajstić information content (AvgIpc) is 2.61. The minimum Gasteiger partial charge on any atom is -0.478 e. The Bertz CT molecular complexity index is 544. The lowest BCUT2D eigenvalue weighted by atomic mass is 10.0. The fourth-order valence-electron chi connectivity index (χ4n) is 2.89. The largest absolute Gasteiger partial charge is 0.478 e. The van der Waals surface area contributed by atoms with Crippen molar-refractivity contribution in [3.63, 3.8) is 0 Å². The summed E-state index contributed by atoms with van der Waals surface area (Å²) in [7, 11) is 0. The van der Waals surface area contributed by atoms with E-state index in [4.69, 9.17) is 11.6 Å². The van der Waals surface area contributed by atoms with Crippen molar-refractivity contribution >= 4 is 23.3 Å². The molecular formula is C19H32ClN3O2. The van der Waals surface area contributed by atoms with Crippen molar-refractivity contribution in [2.75, 3.05) is 51.1 Å². The summed E-state index contributed by atoms with van der Waals surface area (Å²) in [5, 5.41) is 13.1. The van der Waals surface area contributed by atoms with Gasteiger partial charge in [-0.2, -0.15) is 0 Å². The maximum absolute atomic E-state index is 11.4. The zero-order valence-electron chi connectivity index (χ0n) is 15.9. The highest BCUT2D eigenvalue weighted by molar-refractivity contribution is 6.34. The molecule has 0 saturated carbocycles. The summed E-state index contributed by atoms with van der Waals surface area (Å²) in [6, 6.07) is 3.43. The first-order chi connectivity index (χ1) is 12.0. The number of halogens is 1. The molecule has 0 heterocycles. The van der Waals surface area contributed by atoms with Crippen LogP contribution in [0.25, 0.3) is 0 Å². The van der Waals surface area contributed by atoms with Crippen LogP contribution in [0.2, 0.25) is 5.02 Å². The molecular weight excluding hydrogens is 338 g/mol. The number of carbonyl (C=O) groups is 1. The Morgan fingerprint density at radius 3 is 2.12 bits per heavy atom. The normalized spacial score (nSPS) is 11.3. The topological polar surface area (TPSA) is 55.8 Å². The number of benzene rings is 1. The van der Waals surface area contributed by atoms with E-state index in [2.05, 4.69) is 42.8 Å². The molecule has 0 atom stereocenters. The number of aromatic carboxylic acids is 1. The molecule has 142 valence electrons. The van der Waals surface area contributed by atoms with Crippen LogP contribution in [0, 0.1) is 0 Å². The molecule has 25 heavy (non-hydrogen) atoms. The summed E-state index contributed by atoms with van der Waals surface area (Å²) in [6.45, 7) is 15.1. The Balaban J connectivity index is 2.94. The molecule has 0 aromatic heterocycles. The van der Waals surface area contributed by atoms with Crippen molar-refractivity contribution in [3.8, 4) is 0 Å². The summed E-state index contributed by atoms with van der Waals surface area (Å²) in [6.07, 6.45) is 0.731. The first-order valence-corrected chi connectivity index (χ1v) is 9.59. The van der Waals surface area contributed by atoms with Crippen LogP contribution in [0.1, 0.15) is 43.6 Å². The first kappa shape index (κ1) is 21.7. The highest BCUT2D eigenvalue weighted by Crippen LogP contribution is 2.29. The molecule has 1 aromatic carbocycles. The van der Waals surface area contributed by atoms with Gasteiger partial charge in [0, 0.05) is 25.3 Å². The van der Waals surface area contributed by atoms with Crippen LogP contribution < -0.4 is 5.32 Å². The van der Waals surface area contributed by atoms with Gasteiger partial charge in [0.2, 0.25) is 0 Å². The van der Waals surface area contributed by atoms with Crippen molar-refractivity contribution in [2.24, 2.45) is 0 Å². The van der Waals surface area contributed by atoms with E-state index in [1.807, 2.05) is 6.07 Å². The maximum atomic E-state index is 11.4. The van der Waals surface area contributed by atoms with Gasteiger partial charge in [0.15, 0.2) is 0 Å². The summed E-state index contributed by atoms with van der Waals surface area (Å²) in [5.74, 6) is -0.983. The van der Waals surface area contributed by atoms with Gasteiger partial charge in [-0.25, -0.2) is 4.79 Å². The number of anilines is 1. The van der Waals surface area contributed by atoms with Crippen LogP contribution in [-0.4, -0.2) is 66.7 Å². The molecule has 1 rings (SSSR count). The SMILES string of the molecule is CCN(CC)CCNc1ccc(C(=O)O)c(Cl)c1CCN(CC)CC. The number of nitrogens with zero attached hydrogens (tertiary/aromatic N) is 2. The Morgan fingerprint density at radius 1 is 1.04 bits per heavy atom. The van der Waals surface area contributed by atoms with Crippen molar-refractivity contribution < 1.29 is 9.90 Å². The van der Waals surface area contributed by atoms with Crippen LogP contribution in [0.4, 0.5) is 5.69 Å². The predicted molar refractivity (Wildman–Crippen MR) is 106 cm³/mol. The Morgan fingerprint density at radius 2 is 1.60 bits per heavy atom. The van der Waals surface area contributed by atoms with Gasteiger partial charge < -0.3 is 20.2 Å². The number of carboxylic acids is 1. The molecule has 0 fully saturated rings. The summed E-state index contributed by atoms with van der Waals surface area (Å²) in [5.41, 5.74) is 2.01. The fourth-order valence-corrected chi connectivity index (χ4v) is 3.23.